The highest BCUT2D eigenvalue weighted by atomic mass is 32.1. The summed E-state index contributed by atoms with van der Waals surface area (Å²) in [4.78, 5) is 18.7. The average Bonchev–Trinajstić information content (AvgIpc) is 2.90. The first-order chi connectivity index (χ1) is 8.15. The van der Waals surface area contributed by atoms with Crippen molar-refractivity contribution in [2.45, 2.75) is 12.6 Å². The number of amides is 1. The maximum absolute atomic E-state index is 11.9. The van der Waals surface area contributed by atoms with Gasteiger partial charge in [-0.25, -0.2) is 0 Å². The van der Waals surface area contributed by atoms with Crippen molar-refractivity contribution in [2.24, 2.45) is 0 Å². The summed E-state index contributed by atoms with van der Waals surface area (Å²) in [7, 11) is 1.77. The summed E-state index contributed by atoms with van der Waals surface area (Å²) >= 11 is 1.62. The van der Waals surface area contributed by atoms with Crippen LogP contribution in [0.3, 0.4) is 0 Å². The fraction of sp³-hybridized carbons (Fsp3) is 0.545. The highest BCUT2D eigenvalue weighted by Crippen LogP contribution is 2.10. The van der Waals surface area contributed by atoms with E-state index < -0.39 is 6.10 Å². The van der Waals surface area contributed by atoms with Crippen LogP contribution in [-0.2, 0) is 16.2 Å². The van der Waals surface area contributed by atoms with E-state index in [0.717, 1.165) is 5.56 Å². The molecule has 0 aromatic carbocycles. The Balaban J connectivity index is 1.79. The second-order valence-electron chi connectivity index (χ2n) is 4.15. The Bertz CT molecular complexity index is 369. The lowest BCUT2D eigenvalue weighted by atomic mass is 10.3. The smallest absolute Gasteiger partial charge is 0.239 e. The lowest BCUT2D eigenvalue weighted by Crippen LogP contribution is -2.36. The molecule has 1 fully saturated rings. The number of aliphatic hydroxyl groups is 1. The molecule has 0 saturated carbocycles. The Kier molecular flexibility index (Phi) is 4.11. The maximum atomic E-state index is 11.9. The van der Waals surface area contributed by atoms with Gasteiger partial charge in [0, 0.05) is 13.6 Å². The zero-order chi connectivity index (χ0) is 12.3. The van der Waals surface area contributed by atoms with Gasteiger partial charge in [0.1, 0.15) is 6.54 Å². The molecule has 0 unspecified atom stereocenters. The van der Waals surface area contributed by atoms with E-state index in [4.69, 9.17) is 4.84 Å². The standard InChI is InChI=1S/C11H16N2O3S/c1-12(4-9-2-3-17-8-9)11(15)6-13-5-10(14)7-16-13/h2-3,8,10,14H,4-7H2,1H3/t10-/m1/s1. The van der Waals surface area contributed by atoms with Gasteiger partial charge >= 0.3 is 0 Å². The Morgan fingerprint density at radius 1 is 1.76 bits per heavy atom. The quantitative estimate of drug-likeness (QED) is 0.842. The van der Waals surface area contributed by atoms with Gasteiger partial charge in [-0.3, -0.25) is 9.63 Å². The molecule has 0 radical (unpaired) electrons. The number of hydroxylamine groups is 2. The molecule has 1 aromatic heterocycles. The normalized spacial score (nSPS) is 20.7. The third kappa shape index (κ3) is 3.50. The molecule has 1 N–H and O–H groups in total. The first-order valence-corrected chi connectivity index (χ1v) is 6.40. The number of carbonyl (C=O) groups is 1. The summed E-state index contributed by atoms with van der Waals surface area (Å²) in [5.41, 5.74) is 1.13. The summed E-state index contributed by atoms with van der Waals surface area (Å²) < 4.78 is 0. The Morgan fingerprint density at radius 3 is 3.18 bits per heavy atom. The van der Waals surface area contributed by atoms with Gasteiger partial charge in [0.25, 0.3) is 0 Å². The number of likely N-dealkylation sites (N-methyl/N-ethyl adjacent to an activating group) is 1. The number of hydrogen-bond acceptors (Lipinski definition) is 5. The third-order valence-electron chi connectivity index (χ3n) is 2.60. The van der Waals surface area contributed by atoms with E-state index in [9.17, 15) is 9.90 Å². The monoisotopic (exact) mass is 256 g/mol. The van der Waals surface area contributed by atoms with Crippen LogP contribution in [-0.4, -0.2) is 53.8 Å². The van der Waals surface area contributed by atoms with Crippen molar-refractivity contribution >= 4 is 17.2 Å². The minimum absolute atomic E-state index is 0.00898. The first kappa shape index (κ1) is 12.5. The fourth-order valence-corrected chi connectivity index (χ4v) is 2.32. The maximum Gasteiger partial charge on any atom is 0.239 e. The van der Waals surface area contributed by atoms with Crippen molar-refractivity contribution in [2.75, 3.05) is 26.7 Å². The highest BCUT2D eigenvalue weighted by Gasteiger charge is 2.24. The van der Waals surface area contributed by atoms with Crippen LogP contribution in [0, 0.1) is 0 Å². The minimum Gasteiger partial charge on any atom is -0.389 e. The number of hydrogen-bond donors (Lipinski definition) is 1. The Morgan fingerprint density at radius 2 is 2.59 bits per heavy atom. The predicted molar refractivity (Wildman–Crippen MR) is 64.3 cm³/mol. The van der Waals surface area contributed by atoms with Crippen LogP contribution in [0.4, 0.5) is 0 Å². The predicted octanol–water partition coefficient (Wildman–Crippen LogP) is 0.315. The molecule has 2 heterocycles. The van der Waals surface area contributed by atoms with Crippen molar-refractivity contribution in [3.8, 4) is 0 Å². The summed E-state index contributed by atoms with van der Waals surface area (Å²) in [6, 6.07) is 2.00. The van der Waals surface area contributed by atoms with E-state index in [-0.39, 0.29) is 19.1 Å². The van der Waals surface area contributed by atoms with Gasteiger partial charge in [-0.05, 0) is 22.4 Å². The lowest BCUT2D eigenvalue weighted by molar-refractivity contribution is -0.150. The number of β-amino-alcohol motifs (C(OH)–C–C–N with tert-alkyl or cyclic N) is 1. The summed E-state index contributed by atoms with van der Waals surface area (Å²) in [5, 5.41) is 14.8. The number of rotatable bonds is 4. The molecule has 1 aliphatic heterocycles. The van der Waals surface area contributed by atoms with Crippen LogP contribution >= 0.6 is 11.3 Å². The van der Waals surface area contributed by atoms with Crippen LogP contribution in [0.1, 0.15) is 5.56 Å². The molecule has 5 nitrogen and oxygen atoms in total. The molecule has 0 spiro atoms. The van der Waals surface area contributed by atoms with E-state index in [1.807, 2.05) is 16.8 Å². The third-order valence-corrected chi connectivity index (χ3v) is 3.33. The largest absolute Gasteiger partial charge is 0.389 e. The molecule has 1 aromatic rings. The van der Waals surface area contributed by atoms with E-state index in [2.05, 4.69) is 0 Å². The molecule has 17 heavy (non-hydrogen) atoms. The Labute approximate surface area is 104 Å². The van der Waals surface area contributed by atoms with Crippen molar-refractivity contribution in [3.63, 3.8) is 0 Å². The summed E-state index contributed by atoms with van der Waals surface area (Å²) in [5.74, 6) is -0.00898. The van der Waals surface area contributed by atoms with Gasteiger partial charge in [-0.15, -0.1) is 0 Å². The van der Waals surface area contributed by atoms with Gasteiger partial charge in [-0.2, -0.15) is 16.4 Å². The van der Waals surface area contributed by atoms with Gasteiger partial charge < -0.3 is 10.0 Å². The lowest BCUT2D eigenvalue weighted by Gasteiger charge is -2.20. The number of carbonyl (C=O) groups excluding carboxylic acids is 1. The Hall–Kier alpha value is -0.950. The fourth-order valence-electron chi connectivity index (χ4n) is 1.66. The molecule has 1 aliphatic rings. The van der Waals surface area contributed by atoms with Crippen LogP contribution in [0.15, 0.2) is 16.8 Å². The van der Waals surface area contributed by atoms with Crippen molar-refractivity contribution in [1.29, 1.82) is 0 Å². The van der Waals surface area contributed by atoms with Gasteiger partial charge in [0.05, 0.1) is 19.3 Å². The molecule has 94 valence electrons. The molecule has 1 saturated heterocycles. The van der Waals surface area contributed by atoms with Crippen molar-refractivity contribution < 1.29 is 14.7 Å². The number of thiophene rings is 1. The van der Waals surface area contributed by atoms with Crippen molar-refractivity contribution in [1.82, 2.24) is 9.96 Å². The second-order valence-corrected chi connectivity index (χ2v) is 4.93. The molecule has 1 amide bonds. The summed E-state index contributed by atoms with van der Waals surface area (Å²) in [6.45, 7) is 1.48. The molecule has 2 rings (SSSR count). The zero-order valence-corrected chi connectivity index (χ0v) is 10.5. The van der Waals surface area contributed by atoms with Crippen LogP contribution in [0.25, 0.3) is 0 Å². The average molecular weight is 256 g/mol. The minimum atomic E-state index is -0.482. The molecular weight excluding hydrogens is 240 g/mol. The SMILES string of the molecule is CN(Cc1ccsc1)C(=O)CN1C[C@@H](O)CO1. The van der Waals surface area contributed by atoms with E-state index >= 15 is 0 Å². The van der Waals surface area contributed by atoms with E-state index in [1.54, 1.807) is 23.3 Å². The highest BCUT2D eigenvalue weighted by molar-refractivity contribution is 7.07. The molecule has 1 atom stereocenters. The molecular formula is C11H16N2O3S. The van der Waals surface area contributed by atoms with Crippen LogP contribution in [0.5, 0.6) is 0 Å². The van der Waals surface area contributed by atoms with Crippen LogP contribution < -0.4 is 0 Å². The molecule has 6 heteroatoms. The van der Waals surface area contributed by atoms with Gasteiger partial charge in [-0.1, -0.05) is 0 Å². The van der Waals surface area contributed by atoms with E-state index in [0.29, 0.717) is 13.1 Å². The zero-order valence-electron chi connectivity index (χ0n) is 9.70. The van der Waals surface area contributed by atoms with Crippen molar-refractivity contribution in [3.05, 3.63) is 22.4 Å². The summed E-state index contributed by atoms with van der Waals surface area (Å²) in [6.07, 6.45) is -0.482. The molecule has 0 aliphatic carbocycles. The topological polar surface area (TPSA) is 53.0 Å². The van der Waals surface area contributed by atoms with E-state index in [1.165, 1.54) is 5.06 Å². The van der Waals surface area contributed by atoms with Crippen LogP contribution in [0.2, 0.25) is 0 Å². The number of aliphatic hydroxyl groups excluding tert-OH is 1. The van der Waals surface area contributed by atoms with Gasteiger partial charge in [0.15, 0.2) is 0 Å². The van der Waals surface area contributed by atoms with Gasteiger partial charge in [0.2, 0.25) is 5.91 Å². The number of nitrogens with zero attached hydrogens (tertiary/aromatic N) is 2. The first-order valence-electron chi connectivity index (χ1n) is 5.46. The molecule has 0 bridgehead atoms. The second kappa shape index (κ2) is 5.59.